The third kappa shape index (κ3) is 8.42. The van der Waals surface area contributed by atoms with E-state index in [4.69, 9.17) is 0 Å². The molecule has 29 heavy (non-hydrogen) atoms. The van der Waals surface area contributed by atoms with E-state index in [2.05, 4.69) is 5.32 Å². The Balaban J connectivity index is 2.07. The van der Waals surface area contributed by atoms with Gasteiger partial charge in [0, 0.05) is 25.8 Å². The smallest absolute Gasteiger partial charge is 0.245 e. The molecule has 1 aromatic rings. The summed E-state index contributed by atoms with van der Waals surface area (Å²) in [6.07, 6.45) is 6.40. The number of benzene rings is 1. The van der Waals surface area contributed by atoms with Gasteiger partial charge >= 0.3 is 0 Å². The van der Waals surface area contributed by atoms with E-state index in [0.717, 1.165) is 43.7 Å². The van der Waals surface area contributed by atoms with Gasteiger partial charge in [-0.15, -0.1) is 0 Å². The van der Waals surface area contributed by atoms with Crippen molar-refractivity contribution in [1.29, 1.82) is 0 Å². The third-order valence-corrected chi connectivity index (χ3v) is 6.70. The van der Waals surface area contributed by atoms with Crippen LogP contribution in [-0.2, 0) is 20.8 Å². The molecule has 0 saturated carbocycles. The second-order valence-electron chi connectivity index (χ2n) is 7.42. The molecule has 0 bridgehead atoms. The Kier molecular flexibility index (Phi) is 10.6. The standard InChI is InChI=1S/C22H32N2O3S2/c1-17(25)29-16-19(15-18-9-5-3-6-10-18)21(26)23-20(11-14-28-2)22(27)24-12-7-4-8-13-24/h3,5-6,9-10,19-20H,4,7-8,11-16H2,1-2H3,(H,23,26)/t19?,20-/m0/s1. The molecule has 1 aliphatic rings. The first kappa shape index (κ1) is 23.8. The molecule has 0 aliphatic carbocycles. The van der Waals surface area contributed by atoms with Crippen LogP contribution in [0.2, 0.25) is 0 Å². The van der Waals surface area contributed by atoms with Crippen molar-refractivity contribution in [2.24, 2.45) is 5.92 Å². The molecule has 2 rings (SSSR count). The van der Waals surface area contributed by atoms with Gasteiger partial charge < -0.3 is 10.2 Å². The fraction of sp³-hybridized carbons (Fsp3) is 0.591. The Bertz CT molecular complexity index is 663. The van der Waals surface area contributed by atoms with Crippen LogP contribution in [0.15, 0.2) is 30.3 Å². The molecule has 5 nitrogen and oxygen atoms in total. The molecule has 2 amide bonds. The van der Waals surface area contributed by atoms with Crippen molar-refractivity contribution in [1.82, 2.24) is 10.2 Å². The van der Waals surface area contributed by atoms with Crippen LogP contribution in [0.5, 0.6) is 0 Å². The summed E-state index contributed by atoms with van der Waals surface area (Å²) in [6.45, 7) is 3.07. The molecule has 1 saturated heterocycles. The van der Waals surface area contributed by atoms with Crippen molar-refractivity contribution in [2.75, 3.05) is 30.9 Å². The predicted molar refractivity (Wildman–Crippen MR) is 122 cm³/mol. The SMILES string of the molecule is CSCC[C@H](NC(=O)C(CSC(C)=O)Cc1ccccc1)C(=O)N1CCCCC1. The summed E-state index contributed by atoms with van der Waals surface area (Å²) in [5.41, 5.74) is 1.06. The minimum Gasteiger partial charge on any atom is -0.344 e. The van der Waals surface area contributed by atoms with Crippen LogP contribution < -0.4 is 5.32 Å². The number of hydrogen-bond acceptors (Lipinski definition) is 5. The molecule has 7 heteroatoms. The molecular formula is C22H32N2O3S2. The maximum Gasteiger partial charge on any atom is 0.245 e. The Morgan fingerprint density at radius 3 is 2.41 bits per heavy atom. The number of thioether (sulfide) groups is 2. The zero-order chi connectivity index (χ0) is 21.1. The molecule has 1 aliphatic heterocycles. The van der Waals surface area contributed by atoms with Crippen molar-refractivity contribution in [2.45, 2.75) is 45.1 Å². The van der Waals surface area contributed by atoms with Gasteiger partial charge in [-0.1, -0.05) is 42.1 Å². The van der Waals surface area contributed by atoms with Crippen LogP contribution in [0, 0.1) is 5.92 Å². The Labute approximate surface area is 182 Å². The largest absolute Gasteiger partial charge is 0.344 e. The molecule has 1 fully saturated rings. The number of piperidine rings is 1. The Morgan fingerprint density at radius 1 is 1.10 bits per heavy atom. The number of amides is 2. The average Bonchev–Trinajstić information content (AvgIpc) is 2.74. The topological polar surface area (TPSA) is 66.5 Å². The number of hydrogen-bond donors (Lipinski definition) is 1. The van der Waals surface area contributed by atoms with Crippen molar-refractivity contribution in [3.8, 4) is 0 Å². The van der Waals surface area contributed by atoms with Crippen LogP contribution >= 0.6 is 23.5 Å². The average molecular weight is 437 g/mol. The first-order valence-corrected chi connectivity index (χ1v) is 12.6. The Hall–Kier alpha value is -1.47. The normalized spacial score (nSPS) is 16.1. The fourth-order valence-corrected chi connectivity index (χ4v) is 4.64. The van der Waals surface area contributed by atoms with Gasteiger partial charge in [0.25, 0.3) is 0 Å². The lowest BCUT2D eigenvalue weighted by Gasteiger charge is -2.31. The van der Waals surface area contributed by atoms with Gasteiger partial charge in [0.2, 0.25) is 11.8 Å². The van der Waals surface area contributed by atoms with E-state index in [1.807, 2.05) is 41.5 Å². The highest BCUT2D eigenvalue weighted by Crippen LogP contribution is 2.18. The quantitative estimate of drug-likeness (QED) is 0.609. The van der Waals surface area contributed by atoms with Gasteiger partial charge in [0.15, 0.2) is 5.12 Å². The van der Waals surface area contributed by atoms with Gasteiger partial charge in [-0.25, -0.2) is 0 Å². The maximum atomic E-state index is 13.1. The molecule has 1 unspecified atom stereocenters. The summed E-state index contributed by atoms with van der Waals surface area (Å²) >= 11 is 2.84. The molecule has 160 valence electrons. The second kappa shape index (κ2) is 13.0. The summed E-state index contributed by atoms with van der Waals surface area (Å²) in [6, 6.07) is 9.32. The number of rotatable bonds is 10. The van der Waals surface area contributed by atoms with Crippen molar-refractivity contribution < 1.29 is 14.4 Å². The van der Waals surface area contributed by atoms with E-state index in [9.17, 15) is 14.4 Å². The molecular weight excluding hydrogens is 404 g/mol. The Morgan fingerprint density at radius 2 is 1.79 bits per heavy atom. The number of likely N-dealkylation sites (tertiary alicyclic amines) is 1. The van der Waals surface area contributed by atoms with Crippen molar-refractivity contribution in [3.05, 3.63) is 35.9 Å². The zero-order valence-electron chi connectivity index (χ0n) is 17.4. The summed E-state index contributed by atoms with van der Waals surface area (Å²) in [4.78, 5) is 39.5. The fourth-order valence-electron chi connectivity index (χ4n) is 3.46. The lowest BCUT2D eigenvalue weighted by atomic mass is 9.99. The monoisotopic (exact) mass is 436 g/mol. The third-order valence-electron chi connectivity index (χ3n) is 5.08. The number of nitrogens with zero attached hydrogens (tertiary/aromatic N) is 1. The van der Waals surface area contributed by atoms with Gasteiger partial charge in [-0.3, -0.25) is 14.4 Å². The summed E-state index contributed by atoms with van der Waals surface area (Å²) in [5.74, 6) is 0.778. The molecule has 0 aromatic heterocycles. The van der Waals surface area contributed by atoms with Crippen molar-refractivity contribution >= 4 is 40.5 Å². The lowest BCUT2D eigenvalue weighted by Crippen LogP contribution is -2.51. The molecule has 2 atom stereocenters. The van der Waals surface area contributed by atoms with Crippen LogP contribution in [0.3, 0.4) is 0 Å². The van der Waals surface area contributed by atoms with E-state index in [1.165, 1.54) is 18.7 Å². The lowest BCUT2D eigenvalue weighted by molar-refractivity contribution is -0.138. The van der Waals surface area contributed by atoms with Gasteiger partial charge in [0.1, 0.15) is 6.04 Å². The predicted octanol–water partition coefficient (Wildman–Crippen LogP) is 3.38. The first-order valence-electron chi connectivity index (χ1n) is 10.3. The number of carbonyl (C=O) groups excluding carboxylic acids is 3. The van der Waals surface area contributed by atoms with Gasteiger partial charge in [-0.2, -0.15) is 11.8 Å². The highest BCUT2D eigenvalue weighted by Gasteiger charge is 2.29. The highest BCUT2D eigenvalue weighted by atomic mass is 32.2. The molecule has 1 heterocycles. The van der Waals surface area contributed by atoms with E-state index in [0.29, 0.717) is 18.6 Å². The number of nitrogens with one attached hydrogen (secondary N) is 1. The summed E-state index contributed by atoms with van der Waals surface area (Å²) < 4.78 is 0. The maximum absolute atomic E-state index is 13.1. The summed E-state index contributed by atoms with van der Waals surface area (Å²) in [7, 11) is 0. The van der Waals surface area contributed by atoms with Crippen LogP contribution in [-0.4, -0.2) is 58.7 Å². The van der Waals surface area contributed by atoms with E-state index in [1.54, 1.807) is 11.8 Å². The molecule has 0 radical (unpaired) electrons. The first-order chi connectivity index (χ1) is 14.0. The van der Waals surface area contributed by atoms with Gasteiger partial charge in [0.05, 0.1) is 5.92 Å². The minimum absolute atomic E-state index is 0.000752. The van der Waals surface area contributed by atoms with E-state index < -0.39 is 6.04 Å². The van der Waals surface area contributed by atoms with Crippen LogP contribution in [0.25, 0.3) is 0 Å². The van der Waals surface area contributed by atoms with E-state index >= 15 is 0 Å². The minimum atomic E-state index is -0.492. The van der Waals surface area contributed by atoms with E-state index in [-0.39, 0.29) is 22.8 Å². The van der Waals surface area contributed by atoms with Gasteiger partial charge in [-0.05, 0) is 49.7 Å². The van der Waals surface area contributed by atoms with Crippen molar-refractivity contribution in [3.63, 3.8) is 0 Å². The zero-order valence-corrected chi connectivity index (χ0v) is 19.0. The molecule has 1 N–H and O–H groups in total. The molecule has 1 aromatic carbocycles. The van der Waals surface area contributed by atoms with Crippen LogP contribution in [0.4, 0.5) is 0 Å². The number of carbonyl (C=O) groups is 3. The molecule has 0 spiro atoms. The second-order valence-corrected chi connectivity index (χ2v) is 9.60. The van der Waals surface area contributed by atoms with Crippen LogP contribution in [0.1, 0.15) is 38.2 Å². The summed E-state index contributed by atoms with van der Waals surface area (Å²) in [5, 5.41) is 3.02. The highest BCUT2D eigenvalue weighted by molar-refractivity contribution is 8.13.